The minimum absolute atomic E-state index is 0. The van der Waals surface area contributed by atoms with Crippen LogP contribution in [0.4, 0.5) is 0 Å². The Morgan fingerprint density at radius 3 is 1.92 bits per heavy atom. The Balaban J connectivity index is 0.00000121. The average molecular weight is 283 g/mol. The van der Waals surface area contributed by atoms with Gasteiger partial charge in [0.05, 0.1) is 6.10 Å². The van der Waals surface area contributed by atoms with Gasteiger partial charge in [0.15, 0.2) is 6.29 Å². The van der Waals surface area contributed by atoms with Gasteiger partial charge in [0, 0.05) is 23.9 Å². The van der Waals surface area contributed by atoms with Crippen LogP contribution in [0.15, 0.2) is 0 Å². The second-order valence-electron chi connectivity index (χ2n) is 2.70. The van der Waals surface area contributed by atoms with E-state index in [2.05, 4.69) is 4.74 Å². The van der Waals surface area contributed by atoms with E-state index in [0.29, 0.717) is 0 Å². The monoisotopic (exact) mass is 284 g/mol. The van der Waals surface area contributed by atoms with Gasteiger partial charge in [-0.3, -0.25) is 0 Å². The SMILES string of the molecule is C[C@@H]1O[C@@H](O)[C@H](O)[C@H](O)[C@H]1O.[Sn]. The second-order valence-corrected chi connectivity index (χ2v) is 2.70. The summed E-state index contributed by atoms with van der Waals surface area (Å²) in [6.07, 6.45) is -5.99. The van der Waals surface area contributed by atoms with Crippen molar-refractivity contribution in [3.63, 3.8) is 0 Å². The molecule has 0 aliphatic carbocycles. The fraction of sp³-hybridized carbons (Fsp3) is 1.00. The van der Waals surface area contributed by atoms with Crippen LogP contribution in [0, 0.1) is 0 Å². The number of aliphatic hydroxyl groups excluding tert-OH is 4. The molecule has 1 rings (SSSR count). The molecule has 0 unspecified atom stereocenters. The molecule has 0 aromatic heterocycles. The zero-order valence-corrected chi connectivity index (χ0v) is 9.44. The van der Waals surface area contributed by atoms with Crippen molar-refractivity contribution >= 4 is 23.9 Å². The summed E-state index contributed by atoms with van der Waals surface area (Å²) in [5, 5.41) is 36.0. The van der Waals surface area contributed by atoms with E-state index in [1.54, 1.807) is 0 Å². The molecule has 5 nitrogen and oxygen atoms in total. The summed E-state index contributed by atoms with van der Waals surface area (Å²) in [5.74, 6) is 0. The van der Waals surface area contributed by atoms with E-state index in [0.717, 1.165) is 0 Å². The maximum atomic E-state index is 9.09. The van der Waals surface area contributed by atoms with Gasteiger partial charge in [-0.2, -0.15) is 0 Å². The van der Waals surface area contributed by atoms with E-state index in [4.69, 9.17) is 20.4 Å². The van der Waals surface area contributed by atoms with Crippen molar-refractivity contribution in [2.75, 3.05) is 0 Å². The Labute approximate surface area is 86.9 Å². The van der Waals surface area contributed by atoms with E-state index in [1.165, 1.54) is 6.92 Å². The zero-order chi connectivity index (χ0) is 8.59. The standard InChI is InChI=1S/C6H12O5.Sn/c1-2-3(7)4(8)5(9)6(10)11-2;/h2-10H,1H3;/t2-,3-,4+,5+,6+;/m0./s1. The van der Waals surface area contributed by atoms with Crippen LogP contribution in [0.25, 0.3) is 0 Å². The van der Waals surface area contributed by atoms with E-state index >= 15 is 0 Å². The molecule has 1 saturated heterocycles. The normalized spacial score (nSPS) is 48.2. The first-order valence-corrected chi connectivity index (χ1v) is 3.41. The Hall–Kier alpha value is 0.599. The van der Waals surface area contributed by atoms with Gasteiger partial charge in [0.1, 0.15) is 18.3 Å². The van der Waals surface area contributed by atoms with Crippen LogP contribution >= 0.6 is 0 Å². The van der Waals surface area contributed by atoms with Crippen LogP contribution in [-0.4, -0.2) is 75.0 Å². The summed E-state index contributed by atoms with van der Waals surface area (Å²) in [4.78, 5) is 0. The molecule has 0 bridgehead atoms. The molecule has 4 N–H and O–H groups in total. The van der Waals surface area contributed by atoms with Crippen LogP contribution in [0.5, 0.6) is 0 Å². The van der Waals surface area contributed by atoms with Gasteiger partial charge >= 0.3 is 0 Å². The van der Waals surface area contributed by atoms with Gasteiger partial charge in [0.25, 0.3) is 0 Å². The van der Waals surface area contributed by atoms with Crippen molar-refractivity contribution in [2.45, 2.75) is 37.6 Å². The van der Waals surface area contributed by atoms with Crippen LogP contribution in [0.1, 0.15) is 6.92 Å². The average Bonchev–Trinajstić information content (AvgIpc) is 1.97. The predicted octanol–water partition coefficient (Wildman–Crippen LogP) is -2.57. The summed E-state index contributed by atoms with van der Waals surface area (Å²) >= 11 is 0. The van der Waals surface area contributed by atoms with Crippen molar-refractivity contribution in [1.29, 1.82) is 0 Å². The molecule has 1 aliphatic heterocycles. The van der Waals surface area contributed by atoms with Crippen LogP contribution < -0.4 is 0 Å². The molecule has 0 aromatic rings. The molecular formula is C6H12O5Sn. The number of rotatable bonds is 0. The summed E-state index contributed by atoms with van der Waals surface area (Å²) in [6.45, 7) is 1.50. The molecule has 1 fully saturated rings. The first-order valence-electron chi connectivity index (χ1n) is 3.41. The smallest absolute Gasteiger partial charge is 0.183 e. The van der Waals surface area contributed by atoms with Crippen LogP contribution in [0.2, 0.25) is 0 Å². The van der Waals surface area contributed by atoms with Gasteiger partial charge in [-0.15, -0.1) is 0 Å². The number of ether oxygens (including phenoxy) is 1. The number of aliphatic hydroxyl groups is 4. The zero-order valence-electron chi connectivity index (χ0n) is 6.58. The third kappa shape index (κ3) is 2.30. The van der Waals surface area contributed by atoms with Crippen molar-refractivity contribution in [2.24, 2.45) is 0 Å². The fourth-order valence-corrected chi connectivity index (χ4v) is 1.03. The van der Waals surface area contributed by atoms with Gasteiger partial charge in [-0.1, -0.05) is 0 Å². The topological polar surface area (TPSA) is 90.2 Å². The van der Waals surface area contributed by atoms with E-state index in [9.17, 15) is 0 Å². The van der Waals surface area contributed by atoms with Gasteiger partial charge in [-0.05, 0) is 6.92 Å². The Morgan fingerprint density at radius 1 is 0.917 bits per heavy atom. The Bertz CT molecular complexity index is 130. The largest absolute Gasteiger partial charge is 0.388 e. The third-order valence-electron chi connectivity index (χ3n) is 1.83. The number of hydrogen-bond acceptors (Lipinski definition) is 5. The van der Waals surface area contributed by atoms with Gasteiger partial charge < -0.3 is 25.2 Å². The molecule has 0 saturated carbocycles. The predicted molar refractivity (Wildman–Crippen MR) is 40.3 cm³/mol. The third-order valence-corrected chi connectivity index (χ3v) is 1.83. The molecule has 6 heteroatoms. The fourth-order valence-electron chi connectivity index (χ4n) is 1.03. The first-order chi connectivity index (χ1) is 5.04. The first kappa shape index (κ1) is 12.6. The van der Waals surface area contributed by atoms with Gasteiger partial charge in [-0.25, -0.2) is 0 Å². The van der Waals surface area contributed by atoms with Crippen molar-refractivity contribution in [3.05, 3.63) is 0 Å². The van der Waals surface area contributed by atoms with Crippen molar-refractivity contribution in [1.82, 2.24) is 0 Å². The van der Waals surface area contributed by atoms with Crippen molar-refractivity contribution in [3.8, 4) is 0 Å². The summed E-state index contributed by atoms with van der Waals surface area (Å²) < 4.78 is 4.68. The maximum absolute atomic E-state index is 9.09. The van der Waals surface area contributed by atoms with E-state index in [-0.39, 0.29) is 23.9 Å². The van der Waals surface area contributed by atoms with Gasteiger partial charge in [0.2, 0.25) is 0 Å². The van der Waals surface area contributed by atoms with Crippen LogP contribution in [-0.2, 0) is 4.74 Å². The molecular weight excluding hydrogens is 271 g/mol. The molecule has 1 heterocycles. The minimum Gasteiger partial charge on any atom is -0.388 e. The molecule has 0 amide bonds. The van der Waals surface area contributed by atoms with E-state index in [1.807, 2.05) is 0 Å². The Morgan fingerprint density at radius 2 is 1.42 bits per heavy atom. The number of hydrogen-bond donors (Lipinski definition) is 4. The molecule has 0 aromatic carbocycles. The minimum atomic E-state index is -1.43. The van der Waals surface area contributed by atoms with E-state index < -0.39 is 30.7 Å². The summed E-state index contributed by atoms with van der Waals surface area (Å²) in [6, 6.07) is 0. The maximum Gasteiger partial charge on any atom is 0.183 e. The van der Waals surface area contributed by atoms with Crippen LogP contribution in [0.3, 0.4) is 0 Å². The second kappa shape index (κ2) is 4.73. The molecule has 70 valence electrons. The molecule has 0 spiro atoms. The molecule has 12 heavy (non-hydrogen) atoms. The summed E-state index contributed by atoms with van der Waals surface area (Å²) in [5.41, 5.74) is 0. The quantitative estimate of drug-likeness (QED) is 0.367. The molecule has 4 radical (unpaired) electrons. The Kier molecular flexibility index (Phi) is 4.96. The molecule has 1 aliphatic rings. The summed E-state index contributed by atoms with van der Waals surface area (Å²) in [7, 11) is 0. The molecule has 5 atom stereocenters. The van der Waals surface area contributed by atoms with Crippen molar-refractivity contribution < 1.29 is 25.2 Å².